The van der Waals surface area contributed by atoms with E-state index in [0.29, 0.717) is 28.1 Å². The lowest BCUT2D eigenvalue weighted by Crippen LogP contribution is -2.06. The second-order valence-electron chi connectivity index (χ2n) is 6.35. The van der Waals surface area contributed by atoms with Crippen LogP contribution in [0.5, 0.6) is 17.2 Å². The second kappa shape index (κ2) is 8.89. The molecule has 0 aliphatic carbocycles. The van der Waals surface area contributed by atoms with Gasteiger partial charge in [0, 0.05) is 6.07 Å². The zero-order chi connectivity index (χ0) is 22.7. The van der Waals surface area contributed by atoms with Crippen LogP contribution in [-0.4, -0.2) is 41.2 Å². The van der Waals surface area contributed by atoms with Crippen molar-refractivity contribution >= 4 is 49.7 Å². The predicted molar refractivity (Wildman–Crippen MR) is 121 cm³/mol. The average molecular weight is 454 g/mol. The summed E-state index contributed by atoms with van der Waals surface area (Å²) in [6.07, 6.45) is 1.23. The first-order chi connectivity index (χ1) is 15.5. The molecule has 2 heterocycles. The van der Waals surface area contributed by atoms with Crippen LogP contribution in [0.3, 0.4) is 0 Å². The van der Waals surface area contributed by atoms with E-state index in [9.17, 15) is 10.1 Å². The van der Waals surface area contributed by atoms with Gasteiger partial charge in [0.2, 0.25) is 11.6 Å². The van der Waals surface area contributed by atoms with Crippen molar-refractivity contribution < 1.29 is 19.1 Å². The Morgan fingerprint density at radius 2 is 1.62 bits per heavy atom. The van der Waals surface area contributed by atoms with Crippen LogP contribution < -0.4 is 24.8 Å². The Labute approximate surface area is 186 Å². The largest absolute Gasteiger partial charge is 0.497 e. The summed E-state index contributed by atoms with van der Waals surface area (Å²) < 4.78 is 16.6. The number of nitrogens with one attached hydrogen (secondary N) is 2. The van der Waals surface area contributed by atoms with Gasteiger partial charge < -0.3 is 24.8 Å². The van der Waals surface area contributed by atoms with Crippen LogP contribution >= 0.6 is 11.3 Å². The summed E-state index contributed by atoms with van der Waals surface area (Å²) in [4.78, 5) is 23.9. The molecule has 0 aliphatic rings. The molecule has 12 heteroatoms. The van der Waals surface area contributed by atoms with Gasteiger partial charge in [-0.1, -0.05) is 11.3 Å². The number of benzene rings is 2. The molecule has 32 heavy (non-hydrogen) atoms. The number of fused-ring (bicyclic) bond motifs is 1. The minimum atomic E-state index is -0.559. The van der Waals surface area contributed by atoms with Crippen LogP contribution in [0.4, 0.5) is 28.1 Å². The highest BCUT2D eigenvalue weighted by Crippen LogP contribution is 2.38. The number of rotatable bonds is 8. The maximum absolute atomic E-state index is 11.9. The highest BCUT2D eigenvalue weighted by atomic mass is 32.1. The van der Waals surface area contributed by atoms with Crippen molar-refractivity contribution in [1.29, 1.82) is 0 Å². The van der Waals surface area contributed by atoms with E-state index < -0.39 is 4.92 Å². The van der Waals surface area contributed by atoms with E-state index in [-0.39, 0.29) is 17.3 Å². The SMILES string of the molecule is COc1ccc(Nc2ncnc(Nc3nc4ccc(OC)cc4s3)c2[N+](=O)[O-])c(OC)c1. The Bertz CT molecular complexity index is 1290. The Balaban J connectivity index is 1.69. The van der Waals surface area contributed by atoms with Gasteiger partial charge in [-0.15, -0.1) is 0 Å². The monoisotopic (exact) mass is 454 g/mol. The van der Waals surface area contributed by atoms with E-state index in [1.807, 2.05) is 12.1 Å². The molecule has 11 nitrogen and oxygen atoms in total. The molecule has 2 aromatic carbocycles. The van der Waals surface area contributed by atoms with Gasteiger partial charge in [0.25, 0.3) is 0 Å². The number of hydrogen-bond donors (Lipinski definition) is 2. The van der Waals surface area contributed by atoms with Crippen molar-refractivity contribution in [3.63, 3.8) is 0 Å². The van der Waals surface area contributed by atoms with Gasteiger partial charge in [-0.25, -0.2) is 15.0 Å². The molecular formula is C20H18N6O5S. The standard InChI is InChI=1S/C20H18N6O5S/c1-29-11-4-6-13(15(8-11)31-3)23-18-17(26(27)28)19(22-10-21-18)25-20-24-14-7-5-12(30-2)9-16(14)32-20/h4-10H,1-3H3,(H2,21,22,23,24,25). The van der Waals surface area contributed by atoms with Gasteiger partial charge in [0.1, 0.15) is 23.6 Å². The minimum Gasteiger partial charge on any atom is -0.497 e. The van der Waals surface area contributed by atoms with Gasteiger partial charge >= 0.3 is 5.69 Å². The van der Waals surface area contributed by atoms with Crippen molar-refractivity contribution in [2.45, 2.75) is 0 Å². The van der Waals surface area contributed by atoms with E-state index in [2.05, 4.69) is 25.6 Å². The maximum Gasteiger partial charge on any atom is 0.353 e. The third kappa shape index (κ3) is 4.16. The lowest BCUT2D eigenvalue weighted by Gasteiger charge is -2.13. The van der Waals surface area contributed by atoms with E-state index in [0.717, 1.165) is 10.2 Å². The molecule has 2 N–H and O–H groups in total. The van der Waals surface area contributed by atoms with Crippen molar-refractivity contribution in [1.82, 2.24) is 15.0 Å². The summed E-state index contributed by atoms with van der Waals surface area (Å²) in [5.41, 5.74) is 0.881. The fourth-order valence-electron chi connectivity index (χ4n) is 2.95. The topological polar surface area (TPSA) is 134 Å². The second-order valence-corrected chi connectivity index (χ2v) is 7.38. The molecule has 164 valence electrons. The molecule has 0 saturated heterocycles. The van der Waals surface area contributed by atoms with Crippen LogP contribution in [0.1, 0.15) is 0 Å². The highest BCUT2D eigenvalue weighted by Gasteiger charge is 2.25. The smallest absolute Gasteiger partial charge is 0.353 e. The molecule has 0 aliphatic heterocycles. The minimum absolute atomic E-state index is 0.00116. The van der Waals surface area contributed by atoms with Crippen LogP contribution in [0.25, 0.3) is 10.2 Å². The summed E-state index contributed by atoms with van der Waals surface area (Å²) >= 11 is 1.32. The zero-order valence-electron chi connectivity index (χ0n) is 17.3. The molecule has 0 radical (unpaired) electrons. The third-order valence-electron chi connectivity index (χ3n) is 4.49. The molecule has 0 unspecified atom stereocenters. The summed E-state index contributed by atoms with van der Waals surface area (Å²) in [6.45, 7) is 0. The van der Waals surface area contributed by atoms with Gasteiger partial charge in [-0.3, -0.25) is 10.1 Å². The van der Waals surface area contributed by atoms with Crippen LogP contribution in [0.2, 0.25) is 0 Å². The summed E-state index contributed by atoms with van der Waals surface area (Å²) in [5, 5.41) is 18.2. The van der Waals surface area contributed by atoms with Crippen molar-refractivity contribution in [3.8, 4) is 17.2 Å². The first kappa shape index (κ1) is 21.1. The van der Waals surface area contributed by atoms with E-state index in [4.69, 9.17) is 14.2 Å². The summed E-state index contributed by atoms with van der Waals surface area (Å²) in [6, 6.07) is 10.5. The van der Waals surface area contributed by atoms with E-state index in [1.165, 1.54) is 31.9 Å². The molecule has 4 aromatic rings. The average Bonchev–Trinajstić information content (AvgIpc) is 3.20. The molecular weight excluding hydrogens is 436 g/mol. The fraction of sp³-hybridized carbons (Fsp3) is 0.150. The molecule has 0 bridgehead atoms. The van der Waals surface area contributed by atoms with Crippen LogP contribution in [0, 0.1) is 10.1 Å². The molecule has 0 amide bonds. The first-order valence-electron chi connectivity index (χ1n) is 9.22. The number of anilines is 4. The fourth-order valence-corrected chi connectivity index (χ4v) is 3.84. The van der Waals surface area contributed by atoms with Crippen LogP contribution in [0.15, 0.2) is 42.7 Å². The lowest BCUT2D eigenvalue weighted by molar-refractivity contribution is -0.383. The zero-order valence-corrected chi connectivity index (χ0v) is 18.1. The Hall–Kier alpha value is -4.19. The van der Waals surface area contributed by atoms with Gasteiger partial charge in [0.05, 0.1) is 42.2 Å². The number of aromatic nitrogens is 3. The third-order valence-corrected chi connectivity index (χ3v) is 5.42. The molecule has 0 spiro atoms. The number of ether oxygens (including phenoxy) is 3. The van der Waals surface area contributed by atoms with Crippen molar-refractivity contribution in [3.05, 3.63) is 52.8 Å². The quantitative estimate of drug-likeness (QED) is 0.289. The number of methoxy groups -OCH3 is 3. The normalized spacial score (nSPS) is 10.6. The van der Waals surface area contributed by atoms with Gasteiger partial charge in [0.15, 0.2) is 5.13 Å². The number of nitrogens with zero attached hydrogens (tertiary/aromatic N) is 4. The van der Waals surface area contributed by atoms with Crippen molar-refractivity contribution in [2.75, 3.05) is 32.0 Å². The number of nitro groups is 1. The summed E-state index contributed by atoms with van der Waals surface area (Å²) in [7, 11) is 4.61. The van der Waals surface area contributed by atoms with Crippen LogP contribution in [-0.2, 0) is 0 Å². The van der Waals surface area contributed by atoms with Crippen molar-refractivity contribution in [2.24, 2.45) is 0 Å². The number of thiazole rings is 1. The number of hydrogen-bond acceptors (Lipinski definition) is 11. The molecule has 4 rings (SSSR count). The summed E-state index contributed by atoms with van der Waals surface area (Å²) in [5.74, 6) is 1.72. The first-order valence-corrected chi connectivity index (χ1v) is 10.0. The maximum atomic E-state index is 11.9. The molecule has 0 saturated carbocycles. The molecule has 0 fully saturated rings. The highest BCUT2D eigenvalue weighted by molar-refractivity contribution is 7.22. The van der Waals surface area contributed by atoms with E-state index in [1.54, 1.807) is 31.4 Å². The lowest BCUT2D eigenvalue weighted by atomic mass is 10.2. The van der Waals surface area contributed by atoms with Gasteiger partial charge in [-0.2, -0.15) is 0 Å². The Morgan fingerprint density at radius 1 is 0.938 bits per heavy atom. The van der Waals surface area contributed by atoms with Gasteiger partial charge in [-0.05, 0) is 30.3 Å². The molecule has 2 aromatic heterocycles. The Kier molecular flexibility index (Phi) is 5.85. The predicted octanol–water partition coefficient (Wildman–Crippen LogP) is 4.51. The van der Waals surface area contributed by atoms with E-state index >= 15 is 0 Å². The molecule has 0 atom stereocenters. The Morgan fingerprint density at radius 3 is 2.31 bits per heavy atom.